The summed E-state index contributed by atoms with van der Waals surface area (Å²) < 4.78 is 117. The highest BCUT2D eigenvalue weighted by atomic mass is 32.2. The third-order valence-corrected chi connectivity index (χ3v) is 25.2. The lowest BCUT2D eigenvalue weighted by atomic mass is 9.99. The maximum Gasteiger partial charge on any atom is 0.518 e. The van der Waals surface area contributed by atoms with Gasteiger partial charge in [0.1, 0.15) is 88.0 Å². The molecule has 6 heterocycles. The lowest BCUT2D eigenvalue weighted by Crippen LogP contribution is -2.13. The van der Waals surface area contributed by atoms with Gasteiger partial charge < -0.3 is 100 Å². The van der Waals surface area contributed by atoms with Gasteiger partial charge in [0.05, 0.1) is 245 Å². The van der Waals surface area contributed by atoms with Crippen LogP contribution in [0.4, 0.5) is 4.79 Å². The van der Waals surface area contributed by atoms with Crippen LogP contribution in [0.5, 0.6) is 23.0 Å². The van der Waals surface area contributed by atoms with E-state index in [1.54, 1.807) is 11.3 Å². The molecular weight excluding hydrogens is 1840 g/mol. The summed E-state index contributed by atoms with van der Waals surface area (Å²) in [4.78, 5) is 69.5. The maximum absolute atomic E-state index is 10.8. The first-order chi connectivity index (χ1) is 63.7. The number of aryl methyl sites for hydroxylation is 2. The predicted octanol–water partition coefficient (Wildman–Crippen LogP) is 15.5. The fourth-order valence-electron chi connectivity index (χ4n) is 12.8. The normalized spacial score (nSPS) is 11.6. The molecule has 6 aromatic heterocycles. The van der Waals surface area contributed by atoms with Gasteiger partial charge in [-0.05, 0) is 135 Å². The van der Waals surface area contributed by atoms with Crippen LogP contribution >= 0.6 is 93.5 Å². The van der Waals surface area contributed by atoms with Gasteiger partial charge in [-0.2, -0.15) is 17.5 Å². The number of nitrogens with zero attached hydrogens (tertiary/aromatic N) is 8. The third-order valence-electron chi connectivity index (χ3n) is 18.7. The van der Waals surface area contributed by atoms with Gasteiger partial charge in [-0.15, -0.1) is 58.0 Å². The Bertz CT molecular complexity index is 5510. The maximum atomic E-state index is 10.8. The minimum Gasteiger partial charge on any atom is -0.491 e. The Hall–Kier alpha value is -9.16. The number of hydrogen-bond donors (Lipinski definition) is 4. The molecule has 0 aliphatic carbocycles. The molecule has 4 N–H and O–H groups in total. The average Bonchev–Trinajstić information content (AvgIpc) is 1.49. The van der Waals surface area contributed by atoms with Crippen molar-refractivity contribution in [1.82, 2.24) is 37.4 Å². The van der Waals surface area contributed by atoms with Crippen molar-refractivity contribution in [1.29, 1.82) is 0 Å². The number of carboxylic acids is 3. The van der Waals surface area contributed by atoms with Crippen LogP contribution in [0.3, 0.4) is 0 Å². The molecule has 0 saturated carbocycles. The van der Waals surface area contributed by atoms with Crippen molar-refractivity contribution in [2.24, 2.45) is 0 Å². The molecule has 0 atom stereocenters. The number of rotatable bonds is 66. The topological polar surface area (TPSA) is 409 Å². The highest BCUT2D eigenvalue weighted by Gasteiger charge is 2.30. The molecule has 0 aliphatic rings. The first-order valence-electron chi connectivity index (χ1n) is 41.6. The number of thioether (sulfide) groups is 3. The van der Waals surface area contributed by atoms with Crippen LogP contribution in [0.1, 0.15) is 10.4 Å². The Kier molecular flexibility index (Phi) is 42.5. The molecule has 0 radical (unpaired) electrons. The average molecular weight is 1940 g/mol. The number of aromatic nitrogens is 8. The molecular formula is C89H100N8O25S8. The molecule has 6 aromatic carbocycles. The van der Waals surface area contributed by atoms with Crippen LogP contribution in [-0.2, 0) is 75.4 Å². The van der Waals surface area contributed by atoms with Gasteiger partial charge in [0.15, 0.2) is 0 Å². The molecule has 12 rings (SSSR count). The molecule has 33 nitrogen and oxygen atoms in total. The first kappa shape index (κ1) is 99.8. The van der Waals surface area contributed by atoms with Crippen molar-refractivity contribution in [2.75, 3.05) is 225 Å². The van der Waals surface area contributed by atoms with Crippen LogP contribution < -0.4 is 18.9 Å². The van der Waals surface area contributed by atoms with Gasteiger partial charge in [0.2, 0.25) is 0 Å². The van der Waals surface area contributed by atoms with Crippen LogP contribution in [0.15, 0.2) is 121 Å². The molecule has 0 saturated heterocycles. The van der Waals surface area contributed by atoms with Crippen molar-refractivity contribution < 1.29 is 120 Å². The van der Waals surface area contributed by atoms with E-state index in [0.717, 1.165) is 99.5 Å². The molecule has 0 fully saturated rings. The Morgan fingerprint density at radius 1 is 0.285 bits per heavy atom. The summed E-state index contributed by atoms with van der Waals surface area (Å²) in [5.41, 5.74) is 13.6. The lowest BCUT2D eigenvalue weighted by molar-refractivity contribution is -0.134. The Morgan fingerprint density at radius 2 is 0.538 bits per heavy atom. The third kappa shape index (κ3) is 31.5. The number of aliphatic carboxylic acids is 3. The molecule has 0 amide bonds. The SMILES string of the molecule is Cc1ccc(-c2c3nsnc3c(-c3ccc(-c4c5nsnc5c(C)c5nc(-c6ccc(OCCOCCOCCOCCSCC(=O)O)cc6)c(-c6ccc(OCCOCCOCCOCCSOC(=O)O)cc6)nc45)s3)c3nc(-c4ccc(OCCOCCOCCOCCSCC(=O)O)cc4)c(-c4ccc(OCCOCCOCCOCCSCC(=O)O)cc4)nc23)s1. The second-order valence-electron chi connectivity index (χ2n) is 27.8. The second-order valence-corrected chi connectivity index (χ2v) is 35.4. The van der Waals surface area contributed by atoms with E-state index in [9.17, 15) is 19.2 Å². The fraction of sp³-hybridized carbons (Fsp3) is 0.416. The molecule has 694 valence electrons. The van der Waals surface area contributed by atoms with Crippen LogP contribution in [-0.4, -0.2) is 307 Å². The Labute approximate surface area is 783 Å². The van der Waals surface area contributed by atoms with E-state index in [1.807, 2.05) is 104 Å². The summed E-state index contributed by atoms with van der Waals surface area (Å²) in [7, 11) is 0. The van der Waals surface area contributed by atoms with Crippen LogP contribution in [0.25, 0.3) is 120 Å². The molecule has 0 unspecified atom stereocenters. The number of ether oxygens (including phenoxy) is 16. The fourth-order valence-corrected chi connectivity index (χ4v) is 18.0. The van der Waals surface area contributed by atoms with Gasteiger partial charge in [0.25, 0.3) is 0 Å². The van der Waals surface area contributed by atoms with Gasteiger partial charge in [0, 0.05) is 81.3 Å². The molecule has 0 aliphatic heterocycles. The largest absolute Gasteiger partial charge is 0.518 e. The number of thiophene rings is 2. The number of benzene rings is 6. The van der Waals surface area contributed by atoms with E-state index in [4.69, 9.17) is 134 Å². The molecule has 0 bridgehead atoms. The first-order valence-corrected chi connectivity index (χ1v) is 49.1. The van der Waals surface area contributed by atoms with Crippen LogP contribution in [0.2, 0.25) is 0 Å². The monoisotopic (exact) mass is 1940 g/mol. The summed E-state index contributed by atoms with van der Waals surface area (Å²) in [5.74, 6) is 2.19. The van der Waals surface area contributed by atoms with E-state index in [0.29, 0.717) is 271 Å². The summed E-state index contributed by atoms with van der Waals surface area (Å²) in [6, 6.07) is 39.3. The smallest absolute Gasteiger partial charge is 0.491 e. The second kappa shape index (κ2) is 55.4. The number of fused-ring (bicyclic) bond motifs is 4. The lowest BCUT2D eigenvalue weighted by Gasteiger charge is -2.16. The van der Waals surface area contributed by atoms with Crippen molar-refractivity contribution in [2.45, 2.75) is 13.8 Å². The van der Waals surface area contributed by atoms with Gasteiger partial charge in [-0.3, -0.25) is 14.4 Å². The minimum atomic E-state index is -1.35. The van der Waals surface area contributed by atoms with E-state index in [-0.39, 0.29) is 43.7 Å². The van der Waals surface area contributed by atoms with Crippen molar-refractivity contribution in [3.8, 4) is 99.3 Å². The van der Waals surface area contributed by atoms with Crippen molar-refractivity contribution in [3.05, 3.63) is 132 Å². The quantitative estimate of drug-likeness (QED) is 0.0203. The summed E-state index contributed by atoms with van der Waals surface area (Å²) in [6.07, 6.45) is -1.35. The Morgan fingerprint density at radius 3 is 0.831 bits per heavy atom. The van der Waals surface area contributed by atoms with E-state index < -0.39 is 24.1 Å². The Balaban J connectivity index is 0.823. The summed E-state index contributed by atoms with van der Waals surface area (Å²) in [5, 5.41) is 35.2. The number of carboxylic acid groups (broad SMARTS) is 4. The zero-order valence-electron chi connectivity index (χ0n) is 71.5. The van der Waals surface area contributed by atoms with Crippen molar-refractivity contribution >= 4 is 162 Å². The summed E-state index contributed by atoms with van der Waals surface area (Å²) in [6.45, 7) is 14.0. The minimum absolute atomic E-state index is 0.0399. The highest BCUT2D eigenvalue weighted by Crippen LogP contribution is 2.50. The summed E-state index contributed by atoms with van der Waals surface area (Å²) >= 11 is 10.1. The van der Waals surface area contributed by atoms with Gasteiger partial charge in [-0.1, -0.05) is 0 Å². The van der Waals surface area contributed by atoms with Crippen LogP contribution in [0, 0.1) is 13.8 Å². The number of carbonyl (C=O) groups is 4. The highest BCUT2D eigenvalue weighted by molar-refractivity contribution is 8.00. The van der Waals surface area contributed by atoms with Gasteiger partial charge >= 0.3 is 24.1 Å². The zero-order chi connectivity index (χ0) is 90.7. The van der Waals surface area contributed by atoms with E-state index >= 15 is 0 Å². The standard InChI is InChI=1S/C89H100N8O25S8/c1-58-3-20-68(127-58)74-84-85(93-82(63-10-18-67(19-11-63)121-46-41-112-29-25-108-33-37-116-49-53-125-57-73(102)103)81(92-84)62-8-16-66(17-9-62)120-45-40-111-28-24-107-32-36-115-48-52-124-56-72(100)101)76(88-87(74)96-130-97-88)70-22-21-69(128-70)75-83-77(59(2)78-86(75)95-129-94-78)90-79(60-4-12-64(13-5-60)118-43-39-110-27-23-106-31-35-114-47-51-123-55-71(98)99)80(91-83)61-6-14-65(15-7-61)119-44-42-113-30-26-109-34-38-117-50-54-126-122-89(104)105/h3-22H,23-57H2,1-2H3,(H,98,99)(H,100,101)(H,102,103)(H,104,105). The predicted molar refractivity (Wildman–Crippen MR) is 506 cm³/mol. The number of hydrogen-bond acceptors (Lipinski definition) is 37. The molecule has 0 spiro atoms. The van der Waals surface area contributed by atoms with E-state index in [2.05, 4.69) is 35.4 Å². The molecule has 12 aromatic rings. The van der Waals surface area contributed by atoms with E-state index in [1.165, 1.54) is 46.6 Å². The van der Waals surface area contributed by atoms with Crippen molar-refractivity contribution in [3.63, 3.8) is 0 Å². The zero-order valence-corrected chi connectivity index (χ0v) is 78.0. The van der Waals surface area contributed by atoms with Gasteiger partial charge in [-0.25, -0.2) is 24.7 Å². The molecule has 130 heavy (non-hydrogen) atoms. The molecule has 41 heteroatoms.